The fraction of sp³-hybridized carbons (Fsp3) is 0.267. The van der Waals surface area contributed by atoms with Crippen LogP contribution in [0.25, 0.3) is 22.3 Å². The Kier molecular flexibility index (Phi) is 6.76. The first kappa shape index (κ1) is 23.7. The molecule has 6 heteroatoms. The zero-order chi connectivity index (χ0) is 25.1. The molecule has 1 aliphatic carbocycles. The standard InChI is InChI=1S/C30H29N3O3/c1-19(30(35)36)9-8-14-25-28(21-12-6-3-7-13-21)32-24-16-15-22(17-27(24)31-25)29(34)33-26-18-23(26)20-10-4-2-5-11-20/h2-7,10-13,15-17,19,23,26H,8-9,14,18H2,1H3,(H,33,34)(H,35,36)/t19?,23-,26?/m0/s1. The van der Waals surface area contributed by atoms with Crippen molar-refractivity contribution in [1.29, 1.82) is 0 Å². The predicted octanol–water partition coefficient (Wildman–Crippen LogP) is 5.63. The summed E-state index contributed by atoms with van der Waals surface area (Å²) in [4.78, 5) is 34.0. The molecule has 4 aromatic rings. The van der Waals surface area contributed by atoms with Crippen molar-refractivity contribution in [3.05, 3.63) is 95.7 Å². The van der Waals surface area contributed by atoms with E-state index in [9.17, 15) is 14.7 Å². The van der Waals surface area contributed by atoms with E-state index in [0.29, 0.717) is 36.3 Å². The number of hydrogen-bond acceptors (Lipinski definition) is 4. The van der Waals surface area contributed by atoms with Crippen LogP contribution >= 0.6 is 0 Å². The lowest BCUT2D eigenvalue weighted by atomic mass is 10.0. The van der Waals surface area contributed by atoms with Crippen molar-refractivity contribution < 1.29 is 14.7 Å². The number of aliphatic carboxylic acids is 1. The van der Waals surface area contributed by atoms with Crippen LogP contribution in [0.15, 0.2) is 78.9 Å². The van der Waals surface area contributed by atoms with Crippen LogP contribution in [-0.2, 0) is 11.2 Å². The van der Waals surface area contributed by atoms with Gasteiger partial charge in [-0.1, -0.05) is 67.6 Å². The Balaban J connectivity index is 1.38. The molecular weight excluding hydrogens is 450 g/mol. The number of aromatic nitrogens is 2. The number of fused-ring (bicyclic) bond motifs is 1. The number of benzene rings is 3. The normalized spacial score (nSPS) is 17.5. The molecule has 3 atom stereocenters. The number of hydrogen-bond donors (Lipinski definition) is 2. The number of carbonyl (C=O) groups is 2. The van der Waals surface area contributed by atoms with Gasteiger partial charge in [0.15, 0.2) is 0 Å². The fourth-order valence-corrected chi connectivity index (χ4v) is 4.61. The molecule has 2 unspecified atom stereocenters. The van der Waals surface area contributed by atoms with Gasteiger partial charge in [-0.05, 0) is 49.4 Å². The largest absolute Gasteiger partial charge is 0.481 e. The number of carboxylic acid groups (broad SMARTS) is 1. The first-order valence-electron chi connectivity index (χ1n) is 12.4. The topological polar surface area (TPSA) is 92.2 Å². The average molecular weight is 480 g/mol. The quantitative estimate of drug-likeness (QED) is 0.325. The van der Waals surface area contributed by atoms with Gasteiger partial charge in [-0.25, -0.2) is 9.97 Å². The van der Waals surface area contributed by atoms with Crippen molar-refractivity contribution in [1.82, 2.24) is 15.3 Å². The molecule has 1 fully saturated rings. The number of carboxylic acids is 1. The highest BCUT2D eigenvalue weighted by Gasteiger charge is 2.39. The molecule has 1 aliphatic rings. The Hall–Kier alpha value is -4.06. The van der Waals surface area contributed by atoms with Crippen LogP contribution in [0.3, 0.4) is 0 Å². The zero-order valence-corrected chi connectivity index (χ0v) is 20.2. The molecule has 3 aromatic carbocycles. The third-order valence-electron chi connectivity index (χ3n) is 6.85. The summed E-state index contributed by atoms with van der Waals surface area (Å²) in [6.07, 6.45) is 2.82. The number of nitrogens with zero attached hydrogens (tertiary/aromatic N) is 2. The Bertz CT molecular complexity index is 1390. The van der Waals surface area contributed by atoms with Crippen LogP contribution in [0.2, 0.25) is 0 Å². The Morgan fingerprint density at radius 1 is 0.972 bits per heavy atom. The molecule has 0 spiro atoms. The molecule has 6 nitrogen and oxygen atoms in total. The van der Waals surface area contributed by atoms with Crippen molar-refractivity contribution >= 4 is 22.9 Å². The van der Waals surface area contributed by atoms with Crippen molar-refractivity contribution in [2.24, 2.45) is 5.92 Å². The number of rotatable bonds is 9. The van der Waals surface area contributed by atoms with Crippen LogP contribution in [0.5, 0.6) is 0 Å². The van der Waals surface area contributed by atoms with E-state index < -0.39 is 11.9 Å². The van der Waals surface area contributed by atoms with Crippen LogP contribution in [0.4, 0.5) is 0 Å². The van der Waals surface area contributed by atoms with E-state index in [1.165, 1.54) is 5.56 Å². The second kappa shape index (κ2) is 10.3. The molecule has 1 aromatic heterocycles. The van der Waals surface area contributed by atoms with Gasteiger partial charge in [0.2, 0.25) is 0 Å². The number of amides is 1. The summed E-state index contributed by atoms with van der Waals surface area (Å²) >= 11 is 0. The first-order chi connectivity index (χ1) is 17.5. The third kappa shape index (κ3) is 5.28. The summed E-state index contributed by atoms with van der Waals surface area (Å²) in [7, 11) is 0. The zero-order valence-electron chi connectivity index (χ0n) is 20.2. The van der Waals surface area contributed by atoms with Gasteiger partial charge < -0.3 is 10.4 Å². The maximum absolute atomic E-state index is 13.0. The lowest BCUT2D eigenvalue weighted by Gasteiger charge is -2.12. The van der Waals surface area contributed by atoms with Crippen LogP contribution < -0.4 is 5.32 Å². The van der Waals surface area contributed by atoms with E-state index in [0.717, 1.165) is 28.9 Å². The SMILES string of the molecule is CC(CCCc1nc2cc(C(=O)NC3C[C@H]3c3ccccc3)ccc2nc1-c1ccccc1)C(=O)O. The summed E-state index contributed by atoms with van der Waals surface area (Å²) in [5.74, 6) is -0.936. The third-order valence-corrected chi connectivity index (χ3v) is 6.85. The van der Waals surface area contributed by atoms with E-state index >= 15 is 0 Å². The highest BCUT2D eigenvalue weighted by atomic mass is 16.4. The minimum Gasteiger partial charge on any atom is -0.481 e. The molecule has 36 heavy (non-hydrogen) atoms. The number of aryl methyl sites for hydroxylation is 1. The molecular formula is C30H29N3O3. The van der Waals surface area contributed by atoms with E-state index in [-0.39, 0.29) is 11.9 Å². The fourth-order valence-electron chi connectivity index (χ4n) is 4.61. The molecule has 182 valence electrons. The van der Waals surface area contributed by atoms with Crippen LogP contribution in [-0.4, -0.2) is 33.0 Å². The van der Waals surface area contributed by atoms with Gasteiger partial charge in [0.1, 0.15) is 0 Å². The molecule has 0 bridgehead atoms. The molecule has 0 saturated heterocycles. The van der Waals surface area contributed by atoms with E-state index in [4.69, 9.17) is 9.97 Å². The molecule has 1 heterocycles. The van der Waals surface area contributed by atoms with Crippen molar-refractivity contribution in [3.8, 4) is 11.3 Å². The Labute approximate surface area is 210 Å². The van der Waals surface area contributed by atoms with Crippen LogP contribution in [0.1, 0.15) is 53.7 Å². The minimum atomic E-state index is -0.788. The Morgan fingerprint density at radius 2 is 1.69 bits per heavy atom. The second-order valence-electron chi connectivity index (χ2n) is 9.55. The molecule has 5 rings (SSSR count). The van der Waals surface area contributed by atoms with E-state index in [1.807, 2.05) is 54.6 Å². The van der Waals surface area contributed by atoms with Crippen molar-refractivity contribution in [2.75, 3.05) is 0 Å². The summed E-state index contributed by atoms with van der Waals surface area (Å²) in [6, 6.07) is 25.7. The van der Waals surface area contributed by atoms with Crippen molar-refractivity contribution in [3.63, 3.8) is 0 Å². The monoisotopic (exact) mass is 479 g/mol. The summed E-state index contributed by atoms with van der Waals surface area (Å²) in [5.41, 5.74) is 5.79. The highest BCUT2D eigenvalue weighted by Crippen LogP contribution is 2.40. The maximum Gasteiger partial charge on any atom is 0.306 e. The Morgan fingerprint density at radius 3 is 2.42 bits per heavy atom. The van der Waals surface area contributed by atoms with E-state index in [1.54, 1.807) is 19.1 Å². The number of nitrogens with one attached hydrogen (secondary N) is 1. The lowest BCUT2D eigenvalue weighted by molar-refractivity contribution is -0.141. The minimum absolute atomic E-state index is 0.105. The molecule has 0 radical (unpaired) electrons. The summed E-state index contributed by atoms with van der Waals surface area (Å²) in [6.45, 7) is 1.72. The first-order valence-corrected chi connectivity index (χ1v) is 12.4. The van der Waals surface area contributed by atoms with Crippen LogP contribution in [0, 0.1) is 5.92 Å². The molecule has 2 N–H and O–H groups in total. The van der Waals surface area contributed by atoms with Gasteiger partial charge >= 0.3 is 5.97 Å². The van der Waals surface area contributed by atoms with Gasteiger partial charge in [-0.15, -0.1) is 0 Å². The van der Waals surface area contributed by atoms with Gasteiger partial charge in [0, 0.05) is 23.1 Å². The van der Waals surface area contributed by atoms with Gasteiger partial charge in [0.05, 0.1) is 28.3 Å². The second-order valence-corrected chi connectivity index (χ2v) is 9.55. The van der Waals surface area contributed by atoms with Crippen molar-refractivity contribution in [2.45, 2.75) is 44.6 Å². The lowest BCUT2D eigenvalue weighted by Crippen LogP contribution is -2.26. The van der Waals surface area contributed by atoms with E-state index in [2.05, 4.69) is 17.4 Å². The molecule has 1 amide bonds. The highest BCUT2D eigenvalue weighted by molar-refractivity contribution is 5.98. The van der Waals surface area contributed by atoms with Gasteiger partial charge in [-0.3, -0.25) is 9.59 Å². The summed E-state index contributed by atoms with van der Waals surface area (Å²) in [5, 5.41) is 12.4. The smallest absolute Gasteiger partial charge is 0.306 e. The molecule has 1 saturated carbocycles. The maximum atomic E-state index is 13.0. The molecule has 0 aliphatic heterocycles. The van der Waals surface area contributed by atoms with Gasteiger partial charge in [-0.2, -0.15) is 0 Å². The summed E-state index contributed by atoms with van der Waals surface area (Å²) < 4.78 is 0. The van der Waals surface area contributed by atoms with Gasteiger partial charge in [0.25, 0.3) is 5.91 Å². The average Bonchev–Trinajstić information content (AvgIpc) is 3.67. The number of carbonyl (C=O) groups excluding carboxylic acids is 1. The predicted molar refractivity (Wildman–Crippen MR) is 140 cm³/mol.